The lowest BCUT2D eigenvalue weighted by Gasteiger charge is -2.26. The minimum absolute atomic E-state index is 0.0900. The van der Waals surface area contributed by atoms with Crippen LogP contribution in [-0.2, 0) is 0 Å². The van der Waals surface area contributed by atoms with E-state index in [1.807, 2.05) is 35.7 Å². The van der Waals surface area contributed by atoms with Crippen LogP contribution in [0.15, 0.2) is 56.9 Å². The maximum atomic E-state index is 13.0. The van der Waals surface area contributed by atoms with Gasteiger partial charge in [0.05, 0.1) is 17.2 Å². The Morgan fingerprint density at radius 1 is 0.920 bits per heavy atom. The quantitative estimate of drug-likeness (QED) is 0.628. The number of carbonyl (C=O) groups is 1. The molecule has 3 N–H and O–H groups in total. The summed E-state index contributed by atoms with van der Waals surface area (Å²) in [6.07, 6.45) is 0. The zero-order chi connectivity index (χ0) is 17.1. The second-order valence-electron chi connectivity index (χ2n) is 5.93. The number of aromatic nitrogens is 2. The van der Waals surface area contributed by atoms with Crippen molar-refractivity contribution >= 4 is 28.6 Å². The van der Waals surface area contributed by atoms with Crippen molar-refractivity contribution in [1.29, 1.82) is 0 Å². The molecule has 25 heavy (non-hydrogen) atoms. The smallest absolute Gasteiger partial charge is 0.327 e. The van der Waals surface area contributed by atoms with Gasteiger partial charge in [-0.05, 0) is 11.4 Å². The zero-order valence-corrected chi connectivity index (χ0v) is 13.6. The van der Waals surface area contributed by atoms with Gasteiger partial charge in [0.15, 0.2) is 5.78 Å². The highest BCUT2D eigenvalue weighted by molar-refractivity contribution is 7.10. The molecular formula is C18H11N3O3S. The van der Waals surface area contributed by atoms with Gasteiger partial charge in [-0.3, -0.25) is 19.6 Å². The first-order valence-electron chi connectivity index (χ1n) is 7.70. The molecule has 0 radical (unpaired) electrons. The fourth-order valence-electron chi connectivity index (χ4n) is 3.59. The van der Waals surface area contributed by atoms with Crippen LogP contribution < -0.4 is 16.6 Å². The molecule has 1 atom stereocenters. The Balaban J connectivity index is 1.86. The van der Waals surface area contributed by atoms with Gasteiger partial charge in [-0.15, -0.1) is 11.3 Å². The monoisotopic (exact) mass is 349 g/mol. The summed E-state index contributed by atoms with van der Waals surface area (Å²) in [4.78, 5) is 43.1. The molecule has 0 saturated heterocycles. The molecule has 7 heteroatoms. The van der Waals surface area contributed by atoms with Crippen molar-refractivity contribution in [3.63, 3.8) is 0 Å². The number of hydrogen-bond donors (Lipinski definition) is 3. The number of Topliss-reactive ketones (excluding diaryl/α,β-unsaturated/α-hetero) is 1. The van der Waals surface area contributed by atoms with Gasteiger partial charge in [0.1, 0.15) is 5.82 Å². The highest BCUT2D eigenvalue weighted by Crippen LogP contribution is 2.48. The molecule has 3 heterocycles. The molecule has 3 aromatic rings. The summed E-state index contributed by atoms with van der Waals surface area (Å²) in [5.74, 6) is -0.255. The number of rotatable bonds is 1. The predicted octanol–water partition coefficient (Wildman–Crippen LogP) is 2.29. The van der Waals surface area contributed by atoms with E-state index in [-0.39, 0.29) is 5.78 Å². The van der Waals surface area contributed by atoms with Gasteiger partial charge in [-0.25, -0.2) is 4.79 Å². The maximum absolute atomic E-state index is 13.0. The minimum Gasteiger partial charge on any atom is -0.340 e. The summed E-state index contributed by atoms with van der Waals surface area (Å²) in [6.45, 7) is 0. The molecule has 1 aromatic carbocycles. The number of benzene rings is 1. The van der Waals surface area contributed by atoms with Crippen LogP contribution in [0.25, 0.3) is 5.70 Å². The number of carbonyl (C=O) groups excluding carboxylic acids is 1. The van der Waals surface area contributed by atoms with E-state index in [2.05, 4.69) is 15.3 Å². The van der Waals surface area contributed by atoms with E-state index in [1.54, 1.807) is 6.07 Å². The SMILES string of the molecule is O=C1C2=C(Nc3[nH]c(=O)[nH]c(=O)c3C2c2cccs2)c2ccccc21. The largest absolute Gasteiger partial charge is 0.340 e. The zero-order valence-electron chi connectivity index (χ0n) is 12.8. The summed E-state index contributed by atoms with van der Waals surface area (Å²) < 4.78 is 0. The van der Waals surface area contributed by atoms with E-state index in [9.17, 15) is 14.4 Å². The van der Waals surface area contributed by atoms with Crippen LogP contribution in [0.4, 0.5) is 5.82 Å². The second-order valence-corrected chi connectivity index (χ2v) is 6.91. The molecule has 122 valence electrons. The lowest BCUT2D eigenvalue weighted by atomic mass is 9.86. The molecule has 2 aliphatic rings. The van der Waals surface area contributed by atoms with Crippen molar-refractivity contribution in [3.8, 4) is 0 Å². The molecule has 2 aromatic heterocycles. The normalized spacial score (nSPS) is 17.8. The number of thiophene rings is 1. The van der Waals surface area contributed by atoms with Crippen molar-refractivity contribution in [1.82, 2.24) is 9.97 Å². The van der Waals surface area contributed by atoms with E-state index in [0.717, 1.165) is 10.4 Å². The molecule has 1 unspecified atom stereocenters. The van der Waals surface area contributed by atoms with Crippen LogP contribution in [0.3, 0.4) is 0 Å². The molecule has 5 rings (SSSR count). The molecular weight excluding hydrogens is 338 g/mol. The Morgan fingerprint density at radius 3 is 2.48 bits per heavy atom. The third-order valence-electron chi connectivity index (χ3n) is 4.59. The van der Waals surface area contributed by atoms with E-state index in [4.69, 9.17) is 0 Å². The molecule has 0 amide bonds. The number of ketones is 1. The van der Waals surface area contributed by atoms with E-state index < -0.39 is 17.2 Å². The molecule has 0 bridgehead atoms. The number of allylic oxidation sites excluding steroid dienone is 1. The van der Waals surface area contributed by atoms with Crippen molar-refractivity contribution in [2.24, 2.45) is 0 Å². The minimum atomic E-state index is -0.581. The molecule has 1 aliphatic heterocycles. The highest BCUT2D eigenvalue weighted by Gasteiger charge is 2.42. The van der Waals surface area contributed by atoms with Crippen LogP contribution in [-0.4, -0.2) is 15.8 Å². The Labute approximate surface area is 144 Å². The van der Waals surface area contributed by atoms with Crippen molar-refractivity contribution in [2.45, 2.75) is 5.92 Å². The first-order valence-corrected chi connectivity index (χ1v) is 8.58. The average molecular weight is 349 g/mol. The number of nitrogens with one attached hydrogen (secondary N) is 3. The van der Waals surface area contributed by atoms with Gasteiger partial charge in [-0.2, -0.15) is 0 Å². The Hall–Kier alpha value is -3.19. The number of anilines is 1. The Morgan fingerprint density at radius 2 is 1.72 bits per heavy atom. The number of fused-ring (bicyclic) bond motifs is 3. The van der Waals surface area contributed by atoms with Crippen LogP contribution >= 0.6 is 11.3 Å². The fraction of sp³-hybridized carbons (Fsp3) is 0.0556. The van der Waals surface area contributed by atoms with Gasteiger partial charge in [0, 0.05) is 21.6 Å². The average Bonchev–Trinajstić information content (AvgIpc) is 3.21. The summed E-state index contributed by atoms with van der Waals surface area (Å²) in [5, 5.41) is 5.01. The Kier molecular flexibility index (Phi) is 2.78. The van der Waals surface area contributed by atoms with Crippen molar-refractivity contribution in [3.05, 3.63) is 89.8 Å². The first kappa shape index (κ1) is 14.2. The molecule has 0 saturated carbocycles. The molecule has 0 fully saturated rings. The predicted molar refractivity (Wildman–Crippen MR) is 95.2 cm³/mol. The number of H-pyrrole nitrogens is 2. The lowest BCUT2D eigenvalue weighted by Crippen LogP contribution is -2.33. The van der Waals surface area contributed by atoms with Crippen LogP contribution in [0.5, 0.6) is 0 Å². The Bertz CT molecular complexity index is 1180. The van der Waals surface area contributed by atoms with Gasteiger partial charge in [0.2, 0.25) is 0 Å². The van der Waals surface area contributed by atoms with Crippen molar-refractivity contribution < 1.29 is 4.79 Å². The van der Waals surface area contributed by atoms with E-state index in [1.165, 1.54) is 11.3 Å². The number of hydrogen-bond acceptors (Lipinski definition) is 5. The van der Waals surface area contributed by atoms with Crippen LogP contribution in [0.2, 0.25) is 0 Å². The third-order valence-corrected chi connectivity index (χ3v) is 5.53. The summed E-state index contributed by atoms with van der Waals surface area (Å²) in [7, 11) is 0. The van der Waals surface area contributed by atoms with Gasteiger partial charge >= 0.3 is 5.69 Å². The van der Waals surface area contributed by atoms with Crippen LogP contribution in [0, 0.1) is 0 Å². The van der Waals surface area contributed by atoms with E-state index in [0.29, 0.717) is 28.2 Å². The number of aromatic amines is 2. The molecule has 6 nitrogen and oxygen atoms in total. The first-order chi connectivity index (χ1) is 12.1. The van der Waals surface area contributed by atoms with Gasteiger partial charge in [-0.1, -0.05) is 30.3 Å². The standard InChI is InChI=1S/C18H11N3O3S/c22-15-9-5-2-1-4-8(9)14-12(15)11(10-6-3-7-25-10)13-16(19-14)20-18(24)21-17(13)23/h1-7,11H,(H3,19,20,21,23,24). The third kappa shape index (κ3) is 1.87. The summed E-state index contributed by atoms with van der Waals surface area (Å²) >= 11 is 1.48. The van der Waals surface area contributed by atoms with Crippen LogP contribution in [0.1, 0.15) is 32.3 Å². The fourth-order valence-corrected chi connectivity index (χ4v) is 4.44. The second kappa shape index (κ2) is 4.90. The van der Waals surface area contributed by atoms with E-state index >= 15 is 0 Å². The van der Waals surface area contributed by atoms with Gasteiger partial charge in [0.25, 0.3) is 5.56 Å². The summed E-state index contributed by atoms with van der Waals surface area (Å²) in [6, 6.07) is 11.1. The highest BCUT2D eigenvalue weighted by atomic mass is 32.1. The maximum Gasteiger partial charge on any atom is 0.327 e. The molecule has 0 spiro atoms. The van der Waals surface area contributed by atoms with Gasteiger partial charge < -0.3 is 5.32 Å². The summed E-state index contributed by atoms with van der Waals surface area (Å²) in [5.41, 5.74) is 1.90. The molecule has 1 aliphatic carbocycles. The van der Waals surface area contributed by atoms with Crippen molar-refractivity contribution in [2.75, 3.05) is 5.32 Å². The topological polar surface area (TPSA) is 94.8 Å². The lowest BCUT2D eigenvalue weighted by molar-refractivity contribution is 0.103.